The van der Waals surface area contributed by atoms with Gasteiger partial charge in [-0.25, -0.2) is 5.84 Å². The highest BCUT2D eigenvalue weighted by Gasteiger charge is 2.06. The van der Waals surface area contributed by atoms with Crippen LogP contribution in [0.4, 0.5) is 5.69 Å². The van der Waals surface area contributed by atoms with Crippen LogP contribution in [0.25, 0.3) is 0 Å². The molecule has 0 unspecified atom stereocenters. The van der Waals surface area contributed by atoms with Gasteiger partial charge in [0.05, 0.1) is 0 Å². The summed E-state index contributed by atoms with van der Waals surface area (Å²) in [5, 5.41) is 0. The first-order chi connectivity index (χ1) is 9.19. The number of nitrogens with two attached hydrogens (primary N) is 1. The first-order valence-corrected chi connectivity index (χ1v) is 6.99. The molecule has 1 aromatic carbocycles. The number of rotatable bonds is 8. The van der Waals surface area contributed by atoms with Crippen LogP contribution in [0.3, 0.4) is 0 Å². The first kappa shape index (κ1) is 15.5. The Hall–Kier alpha value is -1.55. The predicted molar refractivity (Wildman–Crippen MR) is 79.9 cm³/mol. The van der Waals surface area contributed by atoms with Gasteiger partial charge in [-0.05, 0) is 38.3 Å². The molecule has 0 aliphatic heterocycles. The summed E-state index contributed by atoms with van der Waals surface area (Å²) in [7, 11) is 0. The van der Waals surface area contributed by atoms with Crippen LogP contribution >= 0.6 is 0 Å². The van der Waals surface area contributed by atoms with Gasteiger partial charge < -0.3 is 4.90 Å². The van der Waals surface area contributed by atoms with Gasteiger partial charge in [0.2, 0.25) is 5.91 Å². The average Bonchev–Trinajstić information content (AvgIpc) is 2.43. The van der Waals surface area contributed by atoms with Gasteiger partial charge in [0.1, 0.15) is 0 Å². The van der Waals surface area contributed by atoms with E-state index in [0.717, 1.165) is 32.4 Å². The third-order valence-corrected chi connectivity index (χ3v) is 3.33. The highest BCUT2D eigenvalue weighted by molar-refractivity contribution is 5.75. The Morgan fingerprint density at radius 2 is 2.00 bits per heavy atom. The summed E-state index contributed by atoms with van der Waals surface area (Å²) >= 11 is 0. The van der Waals surface area contributed by atoms with E-state index in [1.807, 2.05) is 0 Å². The Morgan fingerprint density at radius 3 is 2.63 bits per heavy atom. The highest BCUT2D eigenvalue weighted by Crippen LogP contribution is 2.19. The number of nitrogens with one attached hydrogen (secondary N) is 1. The zero-order chi connectivity index (χ0) is 14.1. The van der Waals surface area contributed by atoms with E-state index >= 15 is 0 Å². The first-order valence-electron chi connectivity index (χ1n) is 6.99. The second kappa shape index (κ2) is 8.53. The summed E-state index contributed by atoms with van der Waals surface area (Å²) < 4.78 is 0. The molecule has 0 atom stereocenters. The molecule has 0 heterocycles. The molecule has 3 N–H and O–H groups in total. The van der Waals surface area contributed by atoms with Gasteiger partial charge in [0, 0.05) is 25.2 Å². The van der Waals surface area contributed by atoms with Crippen molar-refractivity contribution in [2.24, 2.45) is 5.84 Å². The Morgan fingerprint density at radius 1 is 1.26 bits per heavy atom. The van der Waals surface area contributed by atoms with Gasteiger partial charge in [0.15, 0.2) is 0 Å². The monoisotopic (exact) mass is 263 g/mol. The van der Waals surface area contributed by atoms with Crippen molar-refractivity contribution < 1.29 is 4.79 Å². The van der Waals surface area contributed by atoms with Crippen molar-refractivity contribution in [2.45, 2.75) is 39.5 Å². The lowest BCUT2D eigenvalue weighted by molar-refractivity contribution is -0.121. The second-order valence-electron chi connectivity index (χ2n) is 4.74. The quantitative estimate of drug-likeness (QED) is 0.328. The predicted octanol–water partition coefficient (Wildman–Crippen LogP) is 2.37. The number of unbranched alkanes of at least 4 members (excludes halogenated alkanes) is 2. The smallest absolute Gasteiger partial charge is 0.233 e. The SMILES string of the molecule is CCN(CCCCCC(=O)NN)c1ccccc1C. The molecule has 0 aliphatic rings. The second-order valence-corrected chi connectivity index (χ2v) is 4.74. The van der Waals surface area contributed by atoms with E-state index < -0.39 is 0 Å². The third-order valence-electron chi connectivity index (χ3n) is 3.33. The van der Waals surface area contributed by atoms with E-state index in [-0.39, 0.29) is 5.91 Å². The number of hydrogen-bond donors (Lipinski definition) is 2. The summed E-state index contributed by atoms with van der Waals surface area (Å²) in [5.74, 6) is 4.96. The van der Waals surface area contributed by atoms with Gasteiger partial charge in [-0.3, -0.25) is 10.2 Å². The summed E-state index contributed by atoms with van der Waals surface area (Å²) in [6.07, 6.45) is 3.57. The Balaban J connectivity index is 2.34. The highest BCUT2D eigenvalue weighted by atomic mass is 16.2. The van der Waals surface area contributed by atoms with Crippen LogP contribution in [0.1, 0.15) is 38.2 Å². The zero-order valence-corrected chi connectivity index (χ0v) is 12.0. The average molecular weight is 263 g/mol. The molecule has 106 valence electrons. The van der Waals surface area contributed by atoms with E-state index in [1.54, 1.807) is 0 Å². The van der Waals surface area contributed by atoms with Crippen molar-refractivity contribution >= 4 is 11.6 Å². The maximum atomic E-state index is 11.0. The maximum absolute atomic E-state index is 11.0. The van der Waals surface area contributed by atoms with Crippen molar-refractivity contribution in [3.05, 3.63) is 29.8 Å². The molecule has 0 aromatic heterocycles. The van der Waals surface area contributed by atoms with Gasteiger partial charge in [-0.1, -0.05) is 24.6 Å². The zero-order valence-electron chi connectivity index (χ0n) is 12.0. The van der Waals surface area contributed by atoms with E-state index in [2.05, 4.69) is 48.4 Å². The third kappa shape index (κ3) is 5.30. The largest absolute Gasteiger partial charge is 0.372 e. The molecule has 19 heavy (non-hydrogen) atoms. The Labute approximate surface area is 115 Å². The van der Waals surface area contributed by atoms with Crippen molar-refractivity contribution in [2.75, 3.05) is 18.0 Å². The van der Waals surface area contributed by atoms with Crippen LogP contribution in [0.5, 0.6) is 0 Å². The van der Waals surface area contributed by atoms with Crippen LogP contribution < -0.4 is 16.2 Å². The molecule has 0 aliphatic carbocycles. The van der Waals surface area contributed by atoms with Crippen LogP contribution in [-0.4, -0.2) is 19.0 Å². The molecule has 4 heteroatoms. The van der Waals surface area contributed by atoms with Crippen LogP contribution in [-0.2, 0) is 4.79 Å². The number of nitrogens with zero attached hydrogens (tertiary/aromatic N) is 1. The van der Waals surface area contributed by atoms with Crippen LogP contribution in [0.2, 0.25) is 0 Å². The number of amides is 1. The summed E-state index contributed by atoms with van der Waals surface area (Å²) in [6.45, 7) is 6.36. The number of aryl methyl sites for hydroxylation is 1. The molecule has 0 radical (unpaired) electrons. The number of carbonyl (C=O) groups excluding carboxylic acids is 1. The van der Waals surface area contributed by atoms with E-state index in [1.165, 1.54) is 11.3 Å². The molecule has 0 saturated carbocycles. The molecule has 1 aromatic rings. The number of hydrazine groups is 1. The maximum Gasteiger partial charge on any atom is 0.233 e. The van der Waals surface area contributed by atoms with Crippen molar-refractivity contribution in [1.29, 1.82) is 0 Å². The molecule has 0 bridgehead atoms. The minimum atomic E-state index is -0.0775. The van der Waals surface area contributed by atoms with E-state index in [9.17, 15) is 4.79 Å². The van der Waals surface area contributed by atoms with Gasteiger partial charge in [-0.2, -0.15) is 0 Å². The van der Waals surface area contributed by atoms with Gasteiger partial charge in [-0.15, -0.1) is 0 Å². The van der Waals surface area contributed by atoms with E-state index in [0.29, 0.717) is 6.42 Å². The molecule has 0 fully saturated rings. The fourth-order valence-corrected chi connectivity index (χ4v) is 2.20. The topological polar surface area (TPSA) is 58.4 Å². The van der Waals surface area contributed by atoms with Gasteiger partial charge in [0.25, 0.3) is 0 Å². The van der Waals surface area contributed by atoms with Gasteiger partial charge >= 0.3 is 0 Å². The van der Waals surface area contributed by atoms with Crippen LogP contribution in [0.15, 0.2) is 24.3 Å². The molecule has 1 amide bonds. The lowest BCUT2D eigenvalue weighted by Gasteiger charge is -2.24. The number of anilines is 1. The van der Waals surface area contributed by atoms with Crippen LogP contribution in [0, 0.1) is 6.92 Å². The minimum Gasteiger partial charge on any atom is -0.372 e. The minimum absolute atomic E-state index is 0.0775. The molecule has 0 spiro atoms. The number of para-hydroxylation sites is 1. The Bertz CT molecular complexity index is 393. The molecule has 0 saturated heterocycles. The lowest BCUT2D eigenvalue weighted by Crippen LogP contribution is -2.29. The fraction of sp³-hybridized carbons (Fsp3) is 0.533. The number of carbonyl (C=O) groups is 1. The fourth-order valence-electron chi connectivity index (χ4n) is 2.20. The van der Waals surface area contributed by atoms with Crippen molar-refractivity contribution in [3.8, 4) is 0 Å². The summed E-state index contributed by atoms with van der Waals surface area (Å²) in [6, 6.07) is 8.46. The van der Waals surface area contributed by atoms with E-state index in [4.69, 9.17) is 5.84 Å². The molecular formula is C15H25N3O. The summed E-state index contributed by atoms with van der Waals surface area (Å²) in [4.78, 5) is 13.4. The Kier molecular flexibility index (Phi) is 6.97. The molecule has 1 rings (SSSR count). The van der Waals surface area contributed by atoms with Crippen molar-refractivity contribution in [1.82, 2.24) is 5.43 Å². The molecule has 4 nitrogen and oxygen atoms in total. The normalized spacial score (nSPS) is 10.3. The number of benzene rings is 1. The molecular weight excluding hydrogens is 238 g/mol. The summed E-state index contributed by atoms with van der Waals surface area (Å²) in [5.41, 5.74) is 4.78. The van der Waals surface area contributed by atoms with Crippen molar-refractivity contribution in [3.63, 3.8) is 0 Å². The lowest BCUT2D eigenvalue weighted by atomic mass is 10.1. The number of hydrogen-bond acceptors (Lipinski definition) is 3. The standard InChI is InChI=1S/C15H25N3O/c1-3-18(14-10-7-6-9-13(14)2)12-8-4-5-11-15(19)17-16/h6-7,9-10H,3-5,8,11-12,16H2,1-2H3,(H,17,19).